The minimum atomic E-state index is 0.687. The first-order valence-electron chi connectivity index (χ1n) is 5.52. The average molecular weight is 239 g/mol. The van der Waals surface area contributed by atoms with Crippen LogP contribution in [-0.2, 0) is 11.2 Å². The Balaban J connectivity index is 1.93. The largest absolute Gasteiger partial charge is 0.384 e. The molecule has 0 aliphatic carbocycles. The van der Waals surface area contributed by atoms with Gasteiger partial charge in [0.05, 0.1) is 6.61 Å². The predicted molar refractivity (Wildman–Crippen MR) is 66.1 cm³/mol. The van der Waals surface area contributed by atoms with E-state index < -0.39 is 0 Å². The summed E-state index contributed by atoms with van der Waals surface area (Å²) in [6.07, 6.45) is 2.95. The SMILES string of the molecule is C=C1CCN(c2nc(CCOC)ns2)CC1. The summed E-state index contributed by atoms with van der Waals surface area (Å²) in [5.41, 5.74) is 1.35. The summed E-state index contributed by atoms with van der Waals surface area (Å²) in [4.78, 5) is 6.81. The van der Waals surface area contributed by atoms with E-state index >= 15 is 0 Å². The molecule has 1 aromatic rings. The Morgan fingerprint density at radius 1 is 1.44 bits per heavy atom. The van der Waals surface area contributed by atoms with E-state index in [1.165, 1.54) is 17.1 Å². The topological polar surface area (TPSA) is 38.2 Å². The lowest BCUT2D eigenvalue weighted by molar-refractivity contribution is 0.201. The number of hydrogen-bond acceptors (Lipinski definition) is 5. The van der Waals surface area contributed by atoms with Crippen molar-refractivity contribution in [3.8, 4) is 0 Å². The number of aromatic nitrogens is 2. The predicted octanol–water partition coefficient (Wildman–Crippen LogP) is 1.88. The van der Waals surface area contributed by atoms with Gasteiger partial charge in [0.25, 0.3) is 0 Å². The van der Waals surface area contributed by atoms with E-state index in [-0.39, 0.29) is 0 Å². The fourth-order valence-corrected chi connectivity index (χ4v) is 2.45. The van der Waals surface area contributed by atoms with Crippen molar-refractivity contribution in [1.29, 1.82) is 0 Å². The van der Waals surface area contributed by atoms with Crippen LogP contribution in [0.3, 0.4) is 0 Å². The van der Waals surface area contributed by atoms with Gasteiger partial charge in [-0.2, -0.15) is 4.37 Å². The van der Waals surface area contributed by atoms with Crippen LogP contribution < -0.4 is 4.90 Å². The molecule has 1 aliphatic rings. The molecule has 0 amide bonds. The van der Waals surface area contributed by atoms with Gasteiger partial charge in [0.2, 0.25) is 5.13 Å². The van der Waals surface area contributed by atoms with Crippen molar-refractivity contribution in [2.75, 3.05) is 31.7 Å². The first-order chi connectivity index (χ1) is 7.79. The van der Waals surface area contributed by atoms with Crippen molar-refractivity contribution in [3.05, 3.63) is 18.0 Å². The van der Waals surface area contributed by atoms with Crippen LogP contribution in [0.4, 0.5) is 5.13 Å². The molecule has 5 heteroatoms. The number of nitrogens with zero attached hydrogens (tertiary/aromatic N) is 3. The van der Waals surface area contributed by atoms with Gasteiger partial charge >= 0.3 is 0 Å². The zero-order valence-electron chi connectivity index (χ0n) is 9.61. The summed E-state index contributed by atoms with van der Waals surface area (Å²) >= 11 is 1.49. The van der Waals surface area contributed by atoms with Gasteiger partial charge in [-0.25, -0.2) is 4.98 Å². The molecule has 0 unspecified atom stereocenters. The summed E-state index contributed by atoms with van der Waals surface area (Å²) in [7, 11) is 1.70. The summed E-state index contributed by atoms with van der Waals surface area (Å²) < 4.78 is 9.35. The van der Waals surface area contributed by atoms with Crippen LogP contribution in [0.25, 0.3) is 0 Å². The maximum Gasteiger partial charge on any atom is 0.205 e. The van der Waals surface area contributed by atoms with Gasteiger partial charge in [-0.3, -0.25) is 0 Å². The monoisotopic (exact) mass is 239 g/mol. The fourth-order valence-electron chi connectivity index (χ4n) is 1.68. The van der Waals surface area contributed by atoms with Crippen molar-refractivity contribution in [2.24, 2.45) is 0 Å². The van der Waals surface area contributed by atoms with Gasteiger partial charge in [-0.1, -0.05) is 12.2 Å². The molecule has 1 saturated heterocycles. The summed E-state index contributed by atoms with van der Waals surface area (Å²) in [5.74, 6) is 0.895. The Morgan fingerprint density at radius 2 is 2.19 bits per heavy atom. The molecule has 2 heterocycles. The molecule has 4 nitrogen and oxygen atoms in total. The third kappa shape index (κ3) is 2.80. The first-order valence-corrected chi connectivity index (χ1v) is 6.30. The Labute approximate surface area is 100 Å². The lowest BCUT2D eigenvalue weighted by atomic mass is 10.1. The maximum absolute atomic E-state index is 5.01. The van der Waals surface area contributed by atoms with Crippen molar-refractivity contribution in [2.45, 2.75) is 19.3 Å². The normalized spacial score (nSPS) is 16.8. The third-order valence-electron chi connectivity index (χ3n) is 2.73. The lowest BCUT2D eigenvalue weighted by Gasteiger charge is -2.26. The number of rotatable bonds is 4. The van der Waals surface area contributed by atoms with Crippen LogP contribution in [0.5, 0.6) is 0 Å². The number of methoxy groups -OCH3 is 1. The Hall–Kier alpha value is -0.940. The van der Waals surface area contributed by atoms with E-state index in [4.69, 9.17) is 4.74 Å². The highest BCUT2D eigenvalue weighted by atomic mass is 32.1. The van der Waals surface area contributed by atoms with E-state index in [0.717, 1.165) is 43.3 Å². The lowest BCUT2D eigenvalue weighted by Crippen LogP contribution is -2.30. The van der Waals surface area contributed by atoms with E-state index in [0.29, 0.717) is 6.61 Å². The molecule has 1 aromatic heterocycles. The molecule has 0 spiro atoms. The van der Waals surface area contributed by atoms with Gasteiger partial charge in [-0.15, -0.1) is 0 Å². The summed E-state index contributed by atoms with van der Waals surface area (Å²) in [6.45, 7) is 6.75. The van der Waals surface area contributed by atoms with Crippen LogP contribution in [0.1, 0.15) is 18.7 Å². The third-order valence-corrected chi connectivity index (χ3v) is 3.54. The second kappa shape index (κ2) is 5.41. The molecule has 0 saturated carbocycles. The van der Waals surface area contributed by atoms with Gasteiger partial charge < -0.3 is 9.64 Å². The highest BCUT2D eigenvalue weighted by Gasteiger charge is 2.16. The van der Waals surface area contributed by atoms with Gasteiger partial charge in [-0.05, 0) is 12.8 Å². The summed E-state index contributed by atoms with van der Waals surface area (Å²) in [5, 5.41) is 1.04. The highest BCUT2D eigenvalue weighted by molar-refractivity contribution is 7.09. The smallest absolute Gasteiger partial charge is 0.205 e. The summed E-state index contributed by atoms with van der Waals surface area (Å²) in [6, 6.07) is 0. The van der Waals surface area contributed by atoms with Crippen molar-refractivity contribution < 1.29 is 4.74 Å². The number of ether oxygens (including phenoxy) is 1. The van der Waals surface area contributed by atoms with Crippen LogP contribution in [0, 0.1) is 0 Å². The average Bonchev–Trinajstić information content (AvgIpc) is 2.76. The second-order valence-corrected chi connectivity index (χ2v) is 4.70. The van der Waals surface area contributed by atoms with Crippen molar-refractivity contribution in [1.82, 2.24) is 9.36 Å². The maximum atomic E-state index is 5.01. The Kier molecular flexibility index (Phi) is 3.90. The van der Waals surface area contributed by atoms with Crippen LogP contribution >= 0.6 is 11.5 Å². The zero-order valence-corrected chi connectivity index (χ0v) is 10.4. The molecular formula is C11H17N3OS. The molecule has 88 valence electrons. The fraction of sp³-hybridized carbons (Fsp3) is 0.636. The molecule has 0 bridgehead atoms. The van der Waals surface area contributed by atoms with E-state index in [9.17, 15) is 0 Å². The second-order valence-electron chi connectivity index (χ2n) is 3.97. The molecule has 16 heavy (non-hydrogen) atoms. The molecule has 2 rings (SSSR count). The number of piperidine rings is 1. The molecule has 1 fully saturated rings. The van der Waals surface area contributed by atoms with Crippen molar-refractivity contribution in [3.63, 3.8) is 0 Å². The quantitative estimate of drug-likeness (QED) is 0.752. The van der Waals surface area contributed by atoms with Crippen LogP contribution in [0.15, 0.2) is 12.2 Å². The van der Waals surface area contributed by atoms with Crippen molar-refractivity contribution >= 4 is 16.7 Å². The van der Waals surface area contributed by atoms with Crippen LogP contribution in [-0.4, -0.2) is 36.2 Å². The molecular weight excluding hydrogens is 222 g/mol. The number of hydrogen-bond donors (Lipinski definition) is 0. The highest BCUT2D eigenvalue weighted by Crippen LogP contribution is 2.23. The first kappa shape index (κ1) is 11.5. The minimum Gasteiger partial charge on any atom is -0.384 e. The Morgan fingerprint density at radius 3 is 2.88 bits per heavy atom. The van der Waals surface area contributed by atoms with Gasteiger partial charge in [0, 0.05) is 38.2 Å². The Bertz CT molecular complexity index is 354. The van der Waals surface area contributed by atoms with Crippen LogP contribution in [0.2, 0.25) is 0 Å². The molecule has 0 N–H and O–H groups in total. The standard InChI is InChI=1S/C11H17N3OS/c1-9-3-6-14(7-4-9)11-12-10(13-16-11)5-8-15-2/h1,3-8H2,2H3. The number of anilines is 1. The molecule has 0 aromatic carbocycles. The van der Waals surface area contributed by atoms with E-state index in [2.05, 4.69) is 20.8 Å². The molecule has 1 aliphatic heterocycles. The van der Waals surface area contributed by atoms with E-state index in [1.807, 2.05) is 0 Å². The molecule has 0 atom stereocenters. The van der Waals surface area contributed by atoms with Gasteiger partial charge in [0.15, 0.2) is 0 Å². The van der Waals surface area contributed by atoms with E-state index in [1.54, 1.807) is 7.11 Å². The minimum absolute atomic E-state index is 0.687. The van der Waals surface area contributed by atoms with Gasteiger partial charge in [0.1, 0.15) is 5.82 Å². The molecule has 0 radical (unpaired) electrons. The zero-order chi connectivity index (χ0) is 11.4.